The molecule has 0 spiro atoms. The van der Waals surface area contributed by atoms with Crippen molar-refractivity contribution in [3.8, 4) is 0 Å². The predicted molar refractivity (Wildman–Crippen MR) is 83.9 cm³/mol. The number of sulfonamides is 1. The molecule has 1 N–H and O–H groups in total. The quantitative estimate of drug-likeness (QED) is 0.923. The number of rotatable bonds is 4. The molecule has 118 valence electrons. The van der Waals surface area contributed by atoms with Crippen molar-refractivity contribution in [1.29, 1.82) is 0 Å². The second-order valence-corrected chi connectivity index (χ2v) is 9.48. The van der Waals surface area contributed by atoms with E-state index >= 15 is 0 Å². The number of hydrogen-bond acceptors (Lipinski definition) is 4. The van der Waals surface area contributed by atoms with Gasteiger partial charge in [-0.15, -0.1) is 11.3 Å². The molecule has 3 rings (SSSR count). The Morgan fingerprint density at radius 3 is 2.71 bits per heavy atom. The molecule has 1 saturated carbocycles. The van der Waals surface area contributed by atoms with E-state index in [1.165, 1.54) is 37.0 Å². The van der Waals surface area contributed by atoms with E-state index in [0.29, 0.717) is 29.6 Å². The first-order valence-corrected chi connectivity index (χ1v) is 10.1. The van der Waals surface area contributed by atoms with E-state index in [0.717, 1.165) is 17.2 Å². The van der Waals surface area contributed by atoms with Gasteiger partial charge in [-0.2, -0.15) is 4.31 Å². The van der Waals surface area contributed by atoms with Gasteiger partial charge in [0.25, 0.3) is 10.0 Å². The maximum Gasteiger partial charge on any atom is 0.252 e. The molecular formula is C15H23NO3S2. The van der Waals surface area contributed by atoms with Crippen LogP contribution in [0.4, 0.5) is 0 Å². The second kappa shape index (κ2) is 6.36. The molecule has 21 heavy (non-hydrogen) atoms. The fourth-order valence-corrected chi connectivity index (χ4v) is 6.66. The molecule has 2 unspecified atom stereocenters. The molecule has 2 atom stereocenters. The van der Waals surface area contributed by atoms with E-state index < -0.39 is 10.0 Å². The lowest BCUT2D eigenvalue weighted by atomic mass is 9.76. The van der Waals surface area contributed by atoms with E-state index in [9.17, 15) is 8.42 Å². The highest BCUT2D eigenvalue weighted by atomic mass is 32.2. The Labute approximate surface area is 130 Å². The van der Waals surface area contributed by atoms with Gasteiger partial charge in [0.05, 0.1) is 0 Å². The Balaban J connectivity index is 1.75. The lowest BCUT2D eigenvalue weighted by Gasteiger charge is -2.40. The third-order valence-electron chi connectivity index (χ3n) is 4.84. The van der Waals surface area contributed by atoms with E-state index in [2.05, 4.69) is 0 Å². The molecule has 2 aliphatic rings. The number of aliphatic hydroxyl groups is 1. The summed E-state index contributed by atoms with van der Waals surface area (Å²) < 4.78 is 27.6. The first-order valence-electron chi connectivity index (χ1n) is 7.81. The number of fused-ring (bicyclic) bond motifs is 1. The van der Waals surface area contributed by atoms with Crippen LogP contribution in [0.1, 0.15) is 37.0 Å². The Morgan fingerprint density at radius 1 is 1.19 bits per heavy atom. The van der Waals surface area contributed by atoms with E-state index in [-0.39, 0.29) is 6.61 Å². The SMILES string of the molecule is O=S(=O)(c1ccc(CCO)s1)N1CCC2CCCCC2C1. The van der Waals surface area contributed by atoms with Crippen molar-refractivity contribution < 1.29 is 13.5 Å². The zero-order valence-corrected chi connectivity index (χ0v) is 13.8. The van der Waals surface area contributed by atoms with Gasteiger partial charge in [-0.3, -0.25) is 0 Å². The third-order valence-corrected chi connectivity index (χ3v) is 8.32. The number of aliphatic hydroxyl groups excluding tert-OH is 1. The maximum absolute atomic E-state index is 12.8. The highest BCUT2D eigenvalue weighted by Crippen LogP contribution is 2.38. The molecule has 1 saturated heterocycles. The van der Waals surface area contributed by atoms with Crippen molar-refractivity contribution in [3.63, 3.8) is 0 Å². The second-order valence-electron chi connectivity index (χ2n) is 6.15. The van der Waals surface area contributed by atoms with Crippen LogP contribution < -0.4 is 0 Å². The van der Waals surface area contributed by atoms with Gasteiger partial charge < -0.3 is 5.11 Å². The topological polar surface area (TPSA) is 57.6 Å². The summed E-state index contributed by atoms with van der Waals surface area (Å²) in [6.45, 7) is 1.42. The van der Waals surface area contributed by atoms with Crippen molar-refractivity contribution >= 4 is 21.4 Å². The monoisotopic (exact) mass is 329 g/mol. The number of thiophene rings is 1. The largest absolute Gasteiger partial charge is 0.396 e. The summed E-state index contributed by atoms with van der Waals surface area (Å²) >= 11 is 1.30. The van der Waals surface area contributed by atoms with Crippen LogP contribution in [0.5, 0.6) is 0 Å². The molecule has 1 aliphatic carbocycles. The summed E-state index contributed by atoms with van der Waals surface area (Å²) in [7, 11) is -3.34. The van der Waals surface area contributed by atoms with Crippen molar-refractivity contribution in [1.82, 2.24) is 4.31 Å². The molecule has 1 aromatic rings. The summed E-state index contributed by atoms with van der Waals surface area (Å²) in [6, 6.07) is 3.51. The van der Waals surface area contributed by atoms with Crippen LogP contribution in [0.3, 0.4) is 0 Å². The van der Waals surface area contributed by atoms with Crippen LogP contribution in [0, 0.1) is 11.8 Å². The maximum atomic E-state index is 12.8. The molecule has 0 bridgehead atoms. The van der Waals surface area contributed by atoms with Gasteiger partial charge in [-0.1, -0.05) is 19.3 Å². The summed E-state index contributed by atoms with van der Waals surface area (Å²) in [5.74, 6) is 1.29. The summed E-state index contributed by atoms with van der Waals surface area (Å²) in [5.41, 5.74) is 0. The molecule has 1 aliphatic heterocycles. The number of piperidine rings is 1. The van der Waals surface area contributed by atoms with Crippen molar-refractivity contribution in [2.45, 2.75) is 42.7 Å². The van der Waals surface area contributed by atoms with Crippen LogP contribution in [0.2, 0.25) is 0 Å². The summed E-state index contributed by atoms with van der Waals surface area (Å²) in [4.78, 5) is 0.934. The lowest BCUT2D eigenvalue weighted by Crippen LogP contribution is -2.44. The first-order chi connectivity index (χ1) is 10.1. The summed E-state index contributed by atoms with van der Waals surface area (Å²) in [6.07, 6.45) is 6.55. The smallest absolute Gasteiger partial charge is 0.252 e. The Hall–Kier alpha value is -0.430. The van der Waals surface area contributed by atoms with Gasteiger partial charge in [0.1, 0.15) is 4.21 Å². The van der Waals surface area contributed by atoms with Gasteiger partial charge >= 0.3 is 0 Å². The van der Waals surface area contributed by atoms with Gasteiger partial charge in [-0.05, 0) is 36.8 Å². The number of nitrogens with zero attached hydrogens (tertiary/aromatic N) is 1. The van der Waals surface area contributed by atoms with Crippen molar-refractivity contribution in [2.24, 2.45) is 11.8 Å². The third kappa shape index (κ3) is 3.18. The van der Waals surface area contributed by atoms with Gasteiger partial charge in [0.15, 0.2) is 0 Å². The minimum Gasteiger partial charge on any atom is -0.396 e. The minimum atomic E-state index is -3.34. The van der Waals surface area contributed by atoms with Gasteiger partial charge in [0.2, 0.25) is 0 Å². The predicted octanol–water partition coefficient (Wildman–Crippen LogP) is 2.48. The first kappa shape index (κ1) is 15.5. The van der Waals surface area contributed by atoms with Gasteiger partial charge in [-0.25, -0.2) is 8.42 Å². The molecule has 0 radical (unpaired) electrons. The molecule has 2 fully saturated rings. The summed E-state index contributed by atoms with van der Waals surface area (Å²) in [5, 5.41) is 8.96. The minimum absolute atomic E-state index is 0.0630. The van der Waals surface area contributed by atoms with E-state index in [4.69, 9.17) is 5.11 Å². The number of hydrogen-bond donors (Lipinski definition) is 1. The average molecular weight is 329 g/mol. The van der Waals surface area contributed by atoms with Crippen molar-refractivity contribution in [3.05, 3.63) is 17.0 Å². The Kier molecular flexibility index (Phi) is 4.69. The molecule has 2 heterocycles. The zero-order valence-electron chi connectivity index (χ0n) is 12.2. The molecular weight excluding hydrogens is 306 g/mol. The highest BCUT2D eigenvalue weighted by molar-refractivity contribution is 7.91. The normalized spacial score (nSPS) is 27.5. The standard InChI is InChI=1S/C15H23NO3S2/c17-10-8-14-5-6-15(20-14)21(18,19)16-9-7-12-3-1-2-4-13(12)11-16/h5-6,12-13,17H,1-4,7-11H2. The average Bonchev–Trinajstić information content (AvgIpc) is 2.96. The molecule has 0 aromatic carbocycles. The lowest BCUT2D eigenvalue weighted by molar-refractivity contribution is 0.136. The molecule has 0 amide bonds. The fourth-order valence-electron chi connectivity index (χ4n) is 3.65. The van der Waals surface area contributed by atoms with Crippen LogP contribution >= 0.6 is 11.3 Å². The van der Waals surface area contributed by atoms with E-state index in [1.54, 1.807) is 10.4 Å². The Bertz CT molecular complexity index is 581. The zero-order chi connectivity index (χ0) is 14.9. The highest BCUT2D eigenvalue weighted by Gasteiger charge is 2.36. The van der Waals surface area contributed by atoms with Crippen LogP contribution in [0.25, 0.3) is 0 Å². The van der Waals surface area contributed by atoms with Crippen LogP contribution in [-0.2, 0) is 16.4 Å². The molecule has 1 aromatic heterocycles. The Morgan fingerprint density at radius 2 is 1.95 bits per heavy atom. The van der Waals surface area contributed by atoms with Crippen molar-refractivity contribution in [2.75, 3.05) is 19.7 Å². The molecule has 4 nitrogen and oxygen atoms in total. The van der Waals surface area contributed by atoms with E-state index in [1.807, 2.05) is 6.07 Å². The molecule has 6 heteroatoms. The van der Waals surface area contributed by atoms with Gasteiger partial charge in [0, 0.05) is 31.0 Å². The fraction of sp³-hybridized carbons (Fsp3) is 0.733. The van der Waals surface area contributed by atoms with Crippen LogP contribution in [-0.4, -0.2) is 37.5 Å². The van der Waals surface area contributed by atoms with Crippen LogP contribution in [0.15, 0.2) is 16.3 Å².